The lowest BCUT2D eigenvalue weighted by atomic mass is 10.1. The van der Waals surface area contributed by atoms with Crippen molar-refractivity contribution in [3.8, 4) is 17.2 Å². The molecule has 35 heavy (non-hydrogen) atoms. The van der Waals surface area contributed by atoms with Crippen LogP contribution in [0, 0.1) is 0 Å². The van der Waals surface area contributed by atoms with E-state index in [1.807, 2.05) is 6.92 Å². The van der Waals surface area contributed by atoms with Crippen molar-refractivity contribution >= 4 is 35.3 Å². The first-order chi connectivity index (χ1) is 16.9. The number of methoxy groups -OCH3 is 1. The highest BCUT2D eigenvalue weighted by molar-refractivity contribution is 6.40. The number of phenolic OH excluding ortho intramolecular Hbond substituents is 1. The van der Waals surface area contributed by atoms with Gasteiger partial charge in [-0.3, -0.25) is 14.4 Å². The van der Waals surface area contributed by atoms with Crippen molar-refractivity contribution in [3.05, 3.63) is 77.9 Å². The van der Waals surface area contributed by atoms with E-state index >= 15 is 0 Å². The monoisotopic (exact) mass is 476 g/mol. The number of carbonyl (C=O) groups excluding carboxylic acids is 3. The van der Waals surface area contributed by atoms with E-state index in [1.54, 1.807) is 42.5 Å². The standard InChI is InChI=1S/C25H24N4O6/c1-3-35-18-11-9-17(10-12-18)27-23(31)19-6-4-5-7-20(19)28-24(32)25(33)29-26-15-16-8-13-21(30)22(14-16)34-2/h4-15,30H,3H2,1-2H3,(H,27,31)(H,28,32)(H,29,33)/b26-15+. The van der Waals surface area contributed by atoms with E-state index in [0.29, 0.717) is 23.6 Å². The number of benzene rings is 3. The minimum Gasteiger partial charge on any atom is -0.504 e. The predicted molar refractivity (Wildman–Crippen MR) is 131 cm³/mol. The summed E-state index contributed by atoms with van der Waals surface area (Å²) in [5.41, 5.74) is 3.50. The molecule has 0 radical (unpaired) electrons. The SMILES string of the molecule is CCOc1ccc(NC(=O)c2ccccc2NC(=O)C(=O)N/N=C/c2ccc(O)c(OC)c2)cc1. The Morgan fingerprint density at radius 1 is 0.971 bits per heavy atom. The molecule has 3 aromatic carbocycles. The van der Waals surface area contributed by atoms with Crippen molar-refractivity contribution in [1.82, 2.24) is 5.43 Å². The number of aromatic hydroxyl groups is 1. The number of para-hydroxylation sites is 1. The zero-order valence-corrected chi connectivity index (χ0v) is 19.1. The van der Waals surface area contributed by atoms with E-state index < -0.39 is 17.7 Å². The summed E-state index contributed by atoms with van der Waals surface area (Å²) in [6, 6.07) is 17.6. The Hall–Kier alpha value is -4.86. The summed E-state index contributed by atoms with van der Waals surface area (Å²) in [6.45, 7) is 2.41. The van der Waals surface area contributed by atoms with Crippen molar-refractivity contribution in [2.75, 3.05) is 24.4 Å². The van der Waals surface area contributed by atoms with Gasteiger partial charge in [0.15, 0.2) is 11.5 Å². The molecular weight excluding hydrogens is 452 g/mol. The van der Waals surface area contributed by atoms with E-state index in [2.05, 4.69) is 21.2 Å². The molecule has 3 aromatic rings. The van der Waals surface area contributed by atoms with Crippen LogP contribution in [0.25, 0.3) is 0 Å². The average molecular weight is 476 g/mol. The summed E-state index contributed by atoms with van der Waals surface area (Å²) in [4.78, 5) is 37.3. The lowest BCUT2D eigenvalue weighted by Crippen LogP contribution is -2.33. The second kappa shape index (κ2) is 11.8. The maximum atomic E-state index is 12.8. The third-order valence-electron chi connectivity index (χ3n) is 4.63. The summed E-state index contributed by atoms with van der Waals surface area (Å²) in [5, 5.41) is 18.5. The second-order valence-electron chi connectivity index (χ2n) is 7.04. The third-order valence-corrected chi connectivity index (χ3v) is 4.63. The van der Waals surface area contributed by atoms with Crippen LogP contribution in [0.1, 0.15) is 22.8 Å². The Labute approximate surface area is 201 Å². The first kappa shape index (κ1) is 24.8. The largest absolute Gasteiger partial charge is 0.504 e. The number of nitrogens with zero attached hydrogens (tertiary/aromatic N) is 1. The van der Waals surface area contributed by atoms with E-state index in [9.17, 15) is 19.5 Å². The number of rotatable bonds is 8. The average Bonchev–Trinajstić information content (AvgIpc) is 2.86. The van der Waals surface area contributed by atoms with Crippen LogP contribution in [-0.2, 0) is 9.59 Å². The summed E-state index contributed by atoms with van der Waals surface area (Å²) in [7, 11) is 1.40. The van der Waals surface area contributed by atoms with Gasteiger partial charge in [-0.1, -0.05) is 12.1 Å². The minimum atomic E-state index is -1.03. The van der Waals surface area contributed by atoms with Gasteiger partial charge in [0.05, 0.1) is 31.2 Å². The maximum absolute atomic E-state index is 12.8. The third kappa shape index (κ3) is 6.81. The maximum Gasteiger partial charge on any atom is 0.329 e. The van der Waals surface area contributed by atoms with Gasteiger partial charge >= 0.3 is 11.8 Å². The van der Waals surface area contributed by atoms with Crippen LogP contribution in [0.15, 0.2) is 71.8 Å². The Morgan fingerprint density at radius 3 is 2.43 bits per heavy atom. The molecule has 10 nitrogen and oxygen atoms in total. The summed E-state index contributed by atoms with van der Waals surface area (Å²) in [6.07, 6.45) is 1.28. The number of phenols is 1. The fourth-order valence-electron chi connectivity index (χ4n) is 2.96. The van der Waals surface area contributed by atoms with Gasteiger partial charge in [0.2, 0.25) is 0 Å². The molecule has 4 N–H and O–H groups in total. The summed E-state index contributed by atoms with van der Waals surface area (Å²) in [5.74, 6) is -1.64. The van der Waals surface area contributed by atoms with Crippen LogP contribution < -0.4 is 25.5 Å². The first-order valence-electron chi connectivity index (χ1n) is 10.6. The van der Waals surface area contributed by atoms with Crippen LogP contribution in [0.5, 0.6) is 17.2 Å². The molecular formula is C25H24N4O6. The molecule has 0 saturated carbocycles. The summed E-state index contributed by atoms with van der Waals surface area (Å²) < 4.78 is 10.4. The number of ether oxygens (including phenoxy) is 2. The fraction of sp³-hybridized carbons (Fsp3) is 0.120. The van der Waals surface area contributed by atoms with Crippen molar-refractivity contribution in [3.63, 3.8) is 0 Å². The molecule has 0 aliphatic carbocycles. The molecule has 0 saturated heterocycles. The number of amides is 3. The van der Waals surface area contributed by atoms with Gasteiger partial charge < -0.3 is 25.2 Å². The van der Waals surface area contributed by atoms with E-state index in [0.717, 1.165) is 0 Å². The van der Waals surface area contributed by atoms with E-state index in [4.69, 9.17) is 9.47 Å². The Kier molecular flexibility index (Phi) is 8.38. The van der Waals surface area contributed by atoms with Gasteiger partial charge in [-0.25, -0.2) is 5.43 Å². The molecule has 10 heteroatoms. The molecule has 0 heterocycles. The molecule has 3 rings (SSSR count). The van der Waals surface area contributed by atoms with Gasteiger partial charge in [-0.2, -0.15) is 5.10 Å². The van der Waals surface area contributed by atoms with Crippen molar-refractivity contribution < 1.29 is 29.0 Å². The van der Waals surface area contributed by atoms with Gasteiger partial charge in [-0.15, -0.1) is 0 Å². The highest BCUT2D eigenvalue weighted by Gasteiger charge is 2.18. The van der Waals surface area contributed by atoms with Gasteiger partial charge in [0.1, 0.15) is 5.75 Å². The second-order valence-corrected chi connectivity index (χ2v) is 7.04. The summed E-state index contributed by atoms with van der Waals surface area (Å²) >= 11 is 0. The fourth-order valence-corrected chi connectivity index (χ4v) is 2.96. The number of anilines is 2. The highest BCUT2D eigenvalue weighted by Crippen LogP contribution is 2.25. The number of hydrogen-bond acceptors (Lipinski definition) is 7. The van der Waals surface area contributed by atoms with Crippen molar-refractivity contribution in [1.29, 1.82) is 0 Å². The number of nitrogens with one attached hydrogen (secondary N) is 3. The molecule has 180 valence electrons. The molecule has 3 amide bonds. The molecule has 0 atom stereocenters. The van der Waals surface area contributed by atoms with Crippen LogP contribution in [-0.4, -0.2) is 42.8 Å². The Balaban J connectivity index is 1.62. The van der Waals surface area contributed by atoms with Crippen LogP contribution in [0.2, 0.25) is 0 Å². The van der Waals surface area contributed by atoms with E-state index in [1.165, 1.54) is 37.6 Å². The Morgan fingerprint density at radius 2 is 1.71 bits per heavy atom. The molecule has 0 bridgehead atoms. The quantitative estimate of drug-likeness (QED) is 0.224. The molecule has 0 fully saturated rings. The molecule has 0 aliphatic rings. The lowest BCUT2D eigenvalue weighted by Gasteiger charge is -2.11. The normalized spacial score (nSPS) is 10.5. The van der Waals surface area contributed by atoms with E-state index in [-0.39, 0.29) is 22.7 Å². The Bertz CT molecular complexity index is 1240. The zero-order chi connectivity index (χ0) is 25.2. The number of hydrogen-bond donors (Lipinski definition) is 4. The molecule has 0 unspecified atom stereocenters. The minimum absolute atomic E-state index is 0.0433. The zero-order valence-electron chi connectivity index (χ0n) is 19.1. The smallest absolute Gasteiger partial charge is 0.329 e. The van der Waals surface area contributed by atoms with Crippen LogP contribution in [0.4, 0.5) is 11.4 Å². The van der Waals surface area contributed by atoms with Gasteiger partial charge in [0, 0.05) is 5.69 Å². The van der Waals surface area contributed by atoms with Gasteiger partial charge in [-0.05, 0) is 67.1 Å². The lowest BCUT2D eigenvalue weighted by molar-refractivity contribution is -0.136. The number of carbonyl (C=O) groups is 3. The van der Waals surface area contributed by atoms with Crippen LogP contribution >= 0.6 is 0 Å². The first-order valence-corrected chi connectivity index (χ1v) is 10.6. The van der Waals surface area contributed by atoms with Crippen molar-refractivity contribution in [2.24, 2.45) is 5.10 Å². The van der Waals surface area contributed by atoms with Gasteiger partial charge in [0.25, 0.3) is 5.91 Å². The predicted octanol–water partition coefficient (Wildman–Crippen LogP) is 3.14. The molecule has 0 aliphatic heterocycles. The molecule has 0 spiro atoms. The topological polar surface area (TPSA) is 138 Å². The number of hydrazone groups is 1. The highest BCUT2D eigenvalue weighted by atomic mass is 16.5. The van der Waals surface area contributed by atoms with Crippen LogP contribution in [0.3, 0.4) is 0 Å². The molecule has 0 aromatic heterocycles. The van der Waals surface area contributed by atoms with Crippen molar-refractivity contribution in [2.45, 2.75) is 6.92 Å².